The third kappa shape index (κ3) is 5.11. The Hall–Kier alpha value is -4.40. The van der Waals surface area contributed by atoms with Crippen LogP contribution in [0.25, 0.3) is 0 Å². The maximum atomic E-state index is 13.4. The molecule has 0 aromatic heterocycles. The Morgan fingerprint density at radius 1 is 1.00 bits per heavy atom. The number of urea groups is 1. The standard InChI is InChI=1S/C28H26FN3O5/c1-30(16-18-3-10-22(11-4-18)37-23-12-5-19(29)6-13-23)27(34)24-15-21(9-14-25(24)36-2)31-17-26(33)32(28(31)35)20-7-8-20/h3-6,9-15,20H,7-8,16-17H2,1-2H3. The number of nitrogens with zero attached hydrogens (tertiary/aromatic N) is 3. The van der Waals surface area contributed by atoms with Crippen LogP contribution in [0.3, 0.4) is 0 Å². The van der Waals surface area contributed by atoms with Gasteiger partial charge in [0.1, 0.15) is 29.6 Å². The average molecular weight is 504 g/mol. The molecular formula is C28H26FN3O5. The Labute approximate surface area is 213 Å². The van der Waals surface area contributed by atoms with E-state index in [0.717, 1.165) is 18.4 Å². The normalized spacial score (nSPS) is 15.2. The molecule has 2 aliphatic rings. The number of benzene rings is 3. The zero-order chi connectivity index (χ0) is 26.1. The smallest absolute Gasteiger partial charge is 0.331 e. The summed E-state index contributed by atoms with van der Waals surface area (Å²) in [6.07, 6.45) is 1.67. The van der Waals surface area contributed by atoms with Crippen molar-refractivity contribution in [2.75, 3.05) is 25.6 Å². The van der Waals surface area contributed by atoms with E-state index >= 15 is 0 Å². The Balaban J connectivity index is 1.29. The molecule has 0 N–H and O–H groups in total. The average Bonchev–Trinajstić information content (AvgIpc) is 3.69. The zero-order valence-corrected chi connectivity index (χ0v) is 20.5. The van der Waals surface area contributed by atoms with Crippen molar-refractivity contribution >= 4 is 23.5 Å². The number of carbonyl (C=O) groups is 3. The van der Waals surface area contributed by atoms with Gasteiger partial charge in [-0.3, -0.25) is 19.4 Å². The van der Waals surface area contributed by atoms with Gasteiger partial charge in [0.25, 0.3) is 11.8 Å². The topological polar surface area (TPSA) is 79.4 Å². The highest BCUT2D eigenvalue weighted by Crippen LogP contribution is 2.34. The molecule has 0 radical (unpaired) electrons. The van der Waals surface area contributed by atoms with Gasteiger partial charge in [0, 0.05) is 25.3 Å². The summed E-state index contributed by atoms with van der Waals surface area (Å²) in [6.45, 7) is 0.275. The molecule has 3 aromatic carbocycles. The van der Waals surface area contributed by atoms with E-state index in [2.05, 4.69) is 0 Å². The van der Waals surface area contributed by atoms with E-state index in [-0.39, 0.29) is 36.2 Å². The number of hydrogen-bond donors (Lipinski definition) is 0. The number of ether oxygens (including phenoxy) is 2. The highest BCUT2D eigenvalue weighted by Gasteiger charge is 2.45. The third-order valence-electron chi connectivity index (χ3n) is 6.38. The minimum atomic E-state index is -0.354. The van der Waals surface area contributed by atoms with Gasteiger partial charge in [-0.05, 0) is 73.0 Å². The third-order valence-corrected chi connectivity index (χ3v) is 6.38. The molecule has 1 saturated heterocycles. The first-order chi connectivity index (χ1) is 17.8. The van der Waals surface area contributed by atoms with Gasteiger partial charge in [0.15, 0.2) is 0 Å². The fraction of sp³-hybridized carbons (Fsp3) is 0.250. The summed E-state index contributed by atoms with van der Waals surface area (Å²) in [5.41, 5.74) is 1.64. The second kappa shape index (κ2) is 9.93. The predicted molar refractivity (Wildman–Crippen MR) is 134 cm³/mol. The molecule has 5 rings (SSSR count). The van der Waals surface area contributed by atoms with E-state index in [0.29, 0.717) is 35.0 Å². The van der Waals surface area contributed by atoms with E-state index in [1.165, 1.54) is 29.0 Å². The minimum absolute atomic E-state index is 0.0111. The van der Waals surface area contributed by atoms with Crippen LogP contribution in [0.1, 0.15) is 28.8 Å². The quantitative estimate of drug-likeness (QED) is 0.412. The molecule has 1 saturated carbocycles. The highest BCUT2D eigenvalue weighted by molar-refractivity contribution is 6.13. The van der Waals surface area contributed by atoms with Gasteiger partial charge in [-0.25, -0.2) is 9.18 Å². The highest BCUT2D eigenvalue weighted by atomic mass is 19.1. The van der Waals surface area contributed by atoms with Crippen molar-refractivity contribution in [2.24, 2.45) is 0 Å². The summed E-state index contributed by atoms with van der Waals surface area (Å²) in [4.78, 5) is 42.9. The molecule has 0 atom stereocenters. The lowest BCUT2D eigenvalue weighted by atomic mass is 10.1. The van der Waals surface area contributed by atoms with Crippen molar-refractivity contribution in [1.82, 2.24) is 9.80 Å². The maximum Gasteiger partial charge on any atom is 0.331 e. The van der Waals surface area contributed by atoms with Crippen LogP contribution in [0.2, 0.25) is 0 Å². The number of imide groups is 1. The summed E-state index contributed by atoms with van der Waals surface area (Å²) in [7, 11) is 3.15. The number of halogens is 1. The van der Waals surface area contributed by atoms with Gasteiger partial charge < -0.3 is 14.4 Å². The number of rotatable bonds is 8. The Morgan fingerprint density at radius 3 is 2.27 bits per heavy atom. The Kier molecular flexibility index (Phi) is 6.52. The second-order valence-electron chi connectivity index (χ2n) is 9.11. The predicted octanol–water partition coefficient (Wildman–Crippen LogP) is 4.83. The van der Waals surface area contributed by atoms with Gasteiger partial charge >= 0.3 is 6.03 Å². The van der Waals surface area contributed by atoms with Crippen molar-refractivity contribution < 1.29 is 28.2 Å². The monoisotopic (exact) mass is 503 g/mol. The fourth-order valence-corrected chi connectivity index (χ4v) is 4.29. The lowest BCUT2D eigenvalue weighted by Gasteiger charge is -2.21. The van der Waals surface area contributed by atoms with Crippen LogP contribution < -0.4 is 14.4 Å². The first kappa shape index (κ1) is 24.3. The minimum Gasteiger partial charge on any atom is -0.496 e. The fourth-order valence-electron chi connectivity index (χ4n) is 4.29. The molecule has 8 nitrogen and oxygen atoms in total. The van der Waals surface area contributed by atoms with E-state index < -0.39 is 0 Å². The number of carbonyl (C=O) groups excluding carboxylic acids is 3. The molecule has 3 aromatic rings. The van der Waals surface area contributed by atoms with Crippen LogP contribution in [0.5, 0.6) is 17.2 Å². The summed E-state index contributed by atoms with van der Waals surface area (Å²) < 4.78 is 24.2. The molecule has 1 aliphatic heterocycles. The van der Waals surface area contributed by atoms with Crippen molar-refractivity contribution in [1.29, 1.82) is 0 Å². The van der Waals surface area contributed by atoms with Gasteiger partial charge in [0.2, 0.25) is 0 Å². The van der Waals surface area contributed by atoms with Crippen LogP contribution in [0.4, 0.5) is 14.9 Å². The van der Waals surface area contributed by atoms with Gasteiger partial charge in [-0.1, -0.05) is 12.1 Å². The molecule has 190 valence electrons. The van der Waals surface area contributed by atoms with Crippen LogP contribution in [-0.4, -0.2) is 54.4 Å². The first-order valence-corrected chi connectivity index (χ1v) is 11.9. The van der Waals surface area contributed by atoms with E-state index in [4.69, 9.17) is 9.47 Å². The molecule has 1 aliphatic carbocycles. The van der Waals surface area contributed by atoms with Crippen molar-refractivity contribution in [3.8, 4) is 17.2 Å². The maximum absolute atomic E-state index is 13.4. The zero-order valence-electron chi connectivity index (χ0n) is 20.5. The lowest BCUT2D eigenvalue weighted by Crippen LogP contribution is -2.34. The molecular weight excluding hydrogens is 477 g/mol. The Morgan fingerprint density at radius 2 is 1.65 bits per heavy atom. The van der Waals surface area contributed by atoms with E-state index in [1.807, 2.05) is 12.1 Å². The molecule has 37 heavy (non-hydrogen) atoms. The van der Waals surface area contributed by atoms with Crippen LogP contribution >= 0.6 is 0 Å². The largest absolute Gasteiger partial charge is 0.496 e. The summed E-state index contributed by atoms with van der Waals surface area (Å²) in [5, 5.41) is 0. The number of methoxy groups -OCH3 is 1. The van der Waals surface area contributed by atoms with Crippen LogP contribution in [-0.2, 0) is 11.3 Å². The van der Waals surface area contributed by atoms with E-state index in [9.17, 15) is 18.8 Å². The number of anilines is 1. The Bertz CT molecular complexity index is 1340. The van der Waals surface area contributed by atoms with Crippen molar-refractivity contribution in [3.63, 3.8) is 0 Å². The SMILES string of the molecule is COc1ccc(N2CC(=O)N(C3CC3)C2=O)cc1C(=O)N(C)Cc1ccc(Oc2ccc(F)cc2)cc1. The van der Waals surface area contributed by atoms with Gasteiger partial charge in [0.05, 0.1) is 12.7 Å². The summed E-state index contributed by atoms with van der Waals surface area (Å²) >= 11 is 0. The molecule has 0 unspecified atom stereocenters. The molecule has 2 fully saturated rings. The molecule has 9 heteroatoms. The van der Waals surface area contributed by atoms with Gasteiger partial charge in [-0.2, -0.15) is 0 Å². The molecule has 4 amide bonds. The lowest BCUT2D eigenvalue weighted by molar-refractivity contribution is -0.125. The summed E-state index contributed by atoms with van der Waals surface area (Å²) in [6, 6.07) is 17.5. The van der Waals surface area contributed by atoms with Crippen LogP contribution in [0, 0.1) is 5.82 Å². The summed E-state index contributed by atoms with van der Waals surface area (Å²) in [5.74, 6) is 0.636. The second-order valence-corrected chi connectivity index (χ2v) is 9.11. The first-order valence-electron chi connectivity index (χ1n) is 11.9. The number of amides is 4. The molecule has 0 bridgehead atoms. The molecule has 1 heterocycles. The molecule has 0 spiro atoms. The van der Waals surface area contributed by atoms with E-state index in [1.54, 1.807) is 54.4 Å². The van der Waals surface area contributed by atoms with Crippen molar-refractivity contribution in [2.45, 2.75) is 25.4 Å². The number of hydrogen-bond acceptors (Lipinski definition) is 5. The van der Waals surface area contributed by atoms with Crippen molar-refractivity contribution in [3.05, 3.63) is 83.7 Å². The van der Waals surface area contributed by atoms with Gasteiger partial charge in [-0.15, -0.1) is 0 Å². The van der Waals surface area contributed by atoms with Crippen LogP contribution in [0.15, 0.2) is 66.7 Å².